The molecular formula is C15H18N4O. The van der Waals surface area contributed by atoms with Crippen molar-refractivity contribution in [3.63, 3.8) is 0 Å². The molecule has 2 heterocycles. The molecule has 3 rings (SSSR count). The van der Waals surface area contributed by atoms with Crippen LogP contribution < -0.4 is 10.6 Å². The molecule has 0 radical (unpaired) electrons. The maximum atomic E-state index is 12.3. The molecule has 20 heavy (non-hydrogen) atoms. The molecule has 1 aromatic carbocycles. The first-order valence-corrected chi connectivity index (χ1v) is 6.77. The molecule has 1 aliphatic rings. The van der Waals surface area contributed by atoms with Crippen LogP contribution in [0.25, 0.3) is 0 Å². The number of hydrogen-bond acceptors (Lipinski definition) is 3. The van der Waals surface area contributed by atoms with E-state index < -0.39 is 0 Å². The summed E-state index contributed by atoms with van der Waals surface area (Å²) in [6.07, 6.45) is 0.713. The van der Waals surface area contributed by atoms with Gasteiger partial charge in [-0.3, -0.25) is 9.89 Å². The lowest BCUT2D eigenvalue weighted by Crippen LogP contribution is -2.44. The number of nitrogens with one attached hydrogen (secondary N) is 3. The summed E-state index contributed by atoms with van der Waals surface area (Å²) in [5, 5.41) is 13.1. The van der Waals surface area contributed by atoms with Crippen LogP contribution in [0, 0.1) is 13.8 Å². The van der Waals surface area contributed by atoms with E-state index in [2.05, 4.69) is 33.0 Å². The van der Waals surface area contributed by atoms with Gasteiger partial charge in [0.05, 0.1) is 6.04 Å². The zero-order chi connectivity index (χ0) is 14.1. The van der Waals surface area contributed by atoms with E-state index in [1.807, 2.05) is 26.0 Å². The van der Waals surface area contributed by atoms with Gasteiger partial charge in [-0.15, -0.1) is 0 Å². The molecular weight excluding hydrogens is 252 g/mol. The van der Waals surface area contributed by atoms with Crippen LogP contribution in [-0.4, -0.2) is 22.1 Å². The Morgan fingerprint density at radius 1 is 1.30 bits per heavy atom. The Hall–Kier alpha value is -2.14. The van der Waals surface area contributed by atoms with Gasteiger partial charge in [0.2, 0.25) is 5.91 Å². The minimum Gasteiger partial charge on any atom is -0.308 e. The fourth-order valence-electron chi connectivity index (χ4n) is 2.45. The van der Waals surface area contributed by atoms with Gasteiger partial charge in [0.25, 0.3) is 0 Å². The number of aromatic nitrogens is 2. The van der Waals surface area contributed by atoms with Crippen LogP contribution >= 0.6 is 0 Å². The first-order valence-electron chi connectivity index (χ1n) is 6.77. The van der Waals surface area contributed by atoms with E-state index >= 15 is 0 Å². The molecule has 1 atom stereocenters. The molecule has 1 amide bonds. The number of benzene rings is 1. The van der Waals surface area contributed by atoms with E-state index in [1.54, 1.807) is 0 Å². The summed E-state index contributed by atoms with van der Waals surface area (Å²) >= 11 is 0. The number of nitrogens with zero attached hydrogens (tertiary/aromatic N) is 1. The highest BCUT2D eigenvalue weighted by Crippen LogP contribution is 2.18. The molecule has 104 valence electrons. The number of H-pyrrole nitrogens is 1. The molecule has 0 fully saturated rings. The van der Waals surface area contributed by atoms with Crippen LogP contribution in [-0.2, 0) is 17.8 Å². The molecule has 5 nitrogen and oxygen atoms in total. The topological polar surface area (TPSA) is 69.8 Å². The second kappa shape index (κ2) is 5.09. The van der Waals surface area contributed by atoms with Gasteiger partial charge in [0.15, 0.2) is 5.82 Å². The number of hydrogen-bond donors (Lipinski definition) is 3. The summed E-state index contributed by atoms with van der Waals surface area (Å²) in [7, 11) is 0. The minimum absolute atomic E-state index is 0.0332. The van der Waals surface area contributed by atoms with E-state index in [9.17, 15) is 4.79 Å². The van der Waals surface area contributed by atoms with Crippen LogP contribution in [0.2, 0.25) is 0 Å². The second-order valence-electron chi connectivity index (χ2n) is 5.22. The number of fused-ring (bicyclic) bond motifs is 1. The van der Waals surface area contributed by atoms with Crippen molar-refractivity contribution in [2.45, 2.75) is 32.9 Å². The summed E-state index contributed by atoms with van der Waals surface area (Å²) in [6.45, 7) is 4.61. The highest BCUT2D eigenvalue weighted by molar-refractivity contribution is 5.95. The zero-order valence-corrected chi connectivity index (χ0v) is 11.7. The lowest BCUT2D eigenvalue weighted by Gasteiger charge is -2.25. The predicted octanol–water partition coefficient (Wildman–Crippen LogP) is 1.68. The number of aryl methyl sites for hydroxylation is 1. The van der Waals surface area contributed by atoms with Crippen molar-refractivity contribution < 1.29 is 4.79 Å². The minimum atomic E-state index is -0.207. The smallest absolute Gasteiger partial charge is 0.243 e. The van der Waals surface area contributed by atoms with Crippen molar-refractivity contribution in [3.8, 4) is 0 Å². The van der Waals surface area contributed by atoms with Crippen molar-refractivity contribution in [2.75, 3.05) is 5.32 Å². The standard InChI is InChI=1S/C15H18N4O/c1-9-10(2)18-19-14(9)17-15(20)13-7-11-5-3-4-6-12(11)8-16-13/h3-6,13,16H,7-8H2,1-2H3,(H2,17,18,19,20)/t13-/m1/s1. The SMILES string of the molecule is Cc1[nH]nc(NC(=O)[C@H]2Cc3ccccc3CN2)c1C. The van der Waals surface area contributed by atoms with Gasteiger partial charge in [-0.2, -0.15) is 5.10 Å². The molecule has 0 unspecified atom stereocenters. The Morgan fingerprint density at radius 3 is 2.75 bits per heavy atom. The van der Waals surface area contributed by atoms with Crippen molar-refractivity contribution in [3.05, 3.63) is 46.6 Å². The maximum Gasteiger partial charge on any atom is 0.243 e. The normalized spacial score (nSPS) is 17.6. The molecule has 5 heteroatoms. The number of carbonyl (C=O) groups excluding carboxylic acids is 1. The highest BCUT2D eigenvalue weighted by Gasteiger charge is 2.24. The maximum absolute atomic E-state index is 12.3. The third-order valence-electron chi connectivity index (χ3n) is 3.89. The van der Waals surface area contributed by atoms with Crippen molar-refractivity contribution >= 4 is 11.7 Å². The van der Waals surface area contributed by atoms with Crippen molar-refractivity contribution in [1.29, 1.82) is 0 Å². The van der Waals surface area contributed by atoms with Crippen LogP contribution in [0.15, 0.2) is 24.3 Å². The average Bonchev–Trinajstić information content (AvgIpc) is 2.78. The van der Waals surface area contributed by atoms with Crippen LogP contribution in [0.3, 0.4) is 0 Å². The molecule has 0 saturated heterocycles. The quantitative estimate of drug-likeness (QED) is 0.777. The van der Waals surface area contributed by atoms with Gasteiger partial charge < -0.3 is 10.6 Å². The van der Waals surface area contributed by atoms with E-state index in [-0.39, 0.29) is 11.9 Å². The zero-order valence-electron chi connectivity index (χ0n) is 11.7. The van der Waals surface area contributed by atoms with E-state index in [4.69, 9.17) is 0 Å². The molecule has 2 aromatic rings. The largest absolute Gasteiger partial charge is 0.308 e. The Balaban J connectivity index is 1.72. The third-order valence-corrected chi connectivity index (χ3v) is 3.89. The number of aromatic amines is 1. The van der Waals surface area contributed by atoms with Crippen LogP contribution in [0.5, 0.6) is 0 Å². The molecule has 1 aliphatic heterocycles. The Bertz CT molecular complexity index is 647. The molecule has 3 N–H and O–H groups in total. The number of anilines is 1. The first-order chi connectivity index (χ1) is 9.65. The Morgan fingerprint density at radius 2 is 2.05 bits per heavy atom. The van der Waals surface area contributed by atoms with Gasteiger partial charge >= 0.3 is 0 Å². The van der Waals surface area contributed by atoms with Crippen LogP contribution in [0.1, 0.15) is 22.4 Å². The number of rotatable bonds is 2. The number of carbonyl (C=O) groups is 1. The van der Waals surface area contributed by atoms with E-state index in [1.165, 1.54) is 11.1 Å². The molecule has 0 bridgehead atoms. The van der Waals surface area contributed by atoms with E-state index in [0.29, 0.717) is 12.2 Å². The van der Waals surface area contributed by atoms with E-state index in [0.717, 1.165) is 17.8 Å². The lowest BCUT2D eigenvalue weighted by molar-refractivity contribution is -0.118. The lowest BCUT2D eigenvalue weighted by atomic mass is 9.95. The Kier molecular flexibility index (Phi) is 3.28. The monoisotopic (exact) mass is 270 g/mol. The fraction of sp³-hybridized carbons (Fsp3) is 0.333. The summed E-state index contributed by atoms with van der Waals surface area (Å²) in [4.78, 5) is 12.3. The summed E-state index contributed by atoms with van der Waals surface area (Å²) in [5.74, 6) is 0.585. The molecule has 0 saturated carbocycles. The average molecular weight is 270 g/mol. The molecule has 1 aromatic heterocycles. The van der Waals surface area contributed by atoms with Gasteiger partial charge in [0.1, 0.15) is 0 Å². The summed E-state index contributed by atoms with van der Waals surface area (Å²) in [5.41, 5.74) is 4.46. The first kappa shape index (κ1) is 12.9. The van der Waals surface area contributed by atoms with Crippen molar-refractivity contribution in [1.82, 2.24) is 15.5 Å². The highest BCUT2D eigenvalue weighted by atomic mass is 16.2. The van der Waals surface area contributed by atoms with Gasteiger partial charge in [-0.05, 0) is 31.4 Å². The Labute approximate surface area is 117 Å². The van der Waals surface area contributed by atoms with Gasteiger partial charge in [-0.1, -0.05) is 24.3 Å². The van der Waals surface area contributed by atoms with Crippen molar-refractivity contribution in [2.24, 2.45) is 0 Å². The van der Waals surface area contributed by atoms with Crippen LogP contribution in [0.4, 0.5) is 5.82 Å². The van der Waals surface area contributed by atoms with Gasteiger partial charge in [-0.25, -0.2) is 0 Å². The predicted molar refractivity (Wildman–Crippen MR) is 77.5 cm³/mol. The number of amides is 1. The van der Waals surface area contributed by atoms with Gasteiger partial charge in [0, 0.05) is 17.8 Å². The third kappa shape index (κ3) is 2.32. The molecule has 0 aliphatic carbocycles. The summed E-state index contributed by atoms with van der Waals surface area (Å²) in [6, 6.07) is 8.01. The summed E-state index contributed by atoms with van der Waals surface area (Å²) < 4.78 is 0. The fourth-order valence-corrected chi connectivity index (χ4v) is 2.45. The molecule has 0 spiro atoms. The second-order valence-corrected chi connectivity index (χ2v) is 5.22.